The van der Waals surface area contributed by atoms with E-state index in [-0.39, 0.29) is 5.91 Å². The van der Waals surface area contributed by atoms with Crippen LogP contribution in [-0.4, -0.2) is 47.0 Å². The van der Waals surface area contributed by atoms with Crippen LogP contribution in [0.25, 0.3) is 0 Å². The van der Waals surface area contributed by atoms with Gasteiger partial charge < -0.3 is 9.80 Å². The average Bonchev–Trinajstić information content (AvgIpc) is 2.92. The second kappa shape index (κ2) is 6.00. The zero-order valence-electron chi connectivity index (χ0n) is 11.1. The number of aromatic nitrogens is 2. The molecule has 0 spiro atoms. The van der Waals surface area contributed by atoms with Gasteiger partial charge in [0.1, 0.15) is 10.7 Å². The summed E-state index contributed by atoms with van der Waals surface area (Å²) in [6.45, 7) is 3.28. The van der Waals surface area contributed by atoms with Crippen LogP contribution >= 0.6 is 11.3 Å². The van der Waals surface area contributed by atoms with E-state index in [4.69, 9.17) is 0 Å². The molecule has 0 radical (unpaired) electrons. The molecule has 0 atom stereocenters. The summed E-state index contributed by atoms with van der Waals surface area (Å²) in [6, 6.07) is 5.93. The van der Waals surface area contributed by atoms with Crippen molar-refractivity contribution in [2.45, 2.75) is 6.42 Å². The fourth-order valence-electron chi connectivity index (χ4n) is 2.37. The van der Waals surface area contributed by atoms with Gasteiger partial charge in [-0.2, -0.15) is 0 Å². The van der Waals surface area contributed by atoms with Gasteiger partial charge in [-0.05, 0) is 18.6 Å². The van der Waals surface area contributed by atoms with Gasteiger partial charge in [-0.25, -0.2) is 4.98 Å². The second-order valence-electron chi connectivity index (χ2n) is 4.69. The van der Waals surface area contributed by atoms with E-state index in [1.165, 1.54) is 11.3 Å². The highest BCUT2D eigenvalue weighted by molar-refractivity contribution is 7.11. The SMILES string of the molecule is O=C(c1cncs1)N1CCCN(c2ccccn2)CC1. The standard InChI is InChI=1S/C14H16N4OS/c19-14(12-10-15-11-20-12)18-7-3-6-17(8-9-18)13-4-1-2-5-16-13/h1-2,4-5,10-11H,3,6-9H2. The number of pyridine rings is 1. The molecule has 0 aliphatic carbocycles. The van der Waals surface area contributed by atoms with E-state index in [0.717, 1.165) is 43.3 Å². The first-order valence-electron chi connectivity index (χ1n) is 6.68. The van der Waals surface area contributed by atoms with Gasteiger partial charge >= 0.3 is 0 Å². The Morgan fingerprint density at radius 1 is 1.20 bits per heavy atom. The van der Waals surface area contributed by atoms with E-state index < -0.39 is 0 Å². The molecule has 3 rings (SSSR count). The molecule has 1 fully saturated rings. The molecule has 104 valence electrons. The number of thiazole rings is 1. The van der Waals surface area contributed by atoms with E-state index >= 15 is 0 Å². The first kappa shape index (κ1) is 13.1. The Morgan fingerprint density at radius 3 is 2.90 bits per heavy atom. The zero-order chi connectivity index (χ0) is 13.8. The lowest BCUT2D eigenvalue weighted by Gasteiger charge is -2.22. The fraction of sp³-hybridized carbons (Fsp3) is 0.357. The Bertz CT molecular complexity index is 558. The lowest BCUT2D eigenvalue weighted by molar-refractivity contribution is 0.0771. The van der Waals surface area contributed by atoms with Crippen LogP contribution in [0, 0.1) is 0 Å². The molecule has 6 heteroatoms. The summed E-state index contributed by atoms with van der Waals surface area (Å²) in [5.41, 5.74) is 1.70. The van der Waals surface area contributed by atoms with Crippen LogP contribution in [0.2, 0.25) is 0 Å². The van der Waals surface area contributed by atoms with E-state index in [0.29, 0.717) is 0 Å². The van der Waals surface area contributed by atoms with Crippen LogP contribution in [0.4, 0.5) is 5.82 Å². The van der Waals surface area contributed by atoms with Crippen molar-refractivity contribution in [3.05, 3.63) is 41.0 Å². The molecule has 0 aromatic carbocycles. The van der Waals surface area contributed by atoms with Gasteiger partial charge in [-0.15, -0.1) is 11.3 Å². The number of carbonyl (C=O) groups is 1. The number of carbonyl (C=O) groups excluding carboxylic acids is 1. The quantitative estimate of drug-likeness (QED) is 0.847. The van der Waals surface area contributed by atoms with Crippen molar-refractivity contribution in [1.29, 1.82) is 0 Å². The molecule has 3 heterocycles. The van der Waals surface area contributed by atoms with Gasteiger partial charge in [0.15, 0.2) is 0 Å². The molecular formula is C14H16N4OS. The molecule has 1 aliphatic heterocycles. The van der Waals surface area contributed by atoms with Gasteiger partial charge in [0.05, 0.1) is 11.7 Å². The van der Waals surface area contributed by atoms with E-state index in [2.05, 4.69) is 14.9 Å². The van der Waals surface area contributed by atoms with Crippen molar-refractivity contribution in [3.8, 4) is 0 Å². The Hall–Kier alpha value is -1.95. The zero-order valence-corrected chi connectivity index (χ0v) is 11.9. The number of rotatable bonds is 2. The van der Waals surface area contributed by atoms with Gasteiger partial charge in [0.2, 0.25) is 0 Å². The summed E-state index contributed by atoms with van der Waals surface area (Å²) in [5, 5.41) is 0. The molecule has 5 nitrogen and oxygen atoms in total. The largest absolute Gasteiger partial charge is 0.355 e. The van der Waals surface area contributed by atoms with Crippen LogP contribution in [0.1, 0.15) is 16.1 Å². The van der Waals surface area contributed by atoms with Crippen LogP contribution in [0.5, 0.6) is 0 Å². The third kappa shape index (κ3) is 2.80. The summed E-state index contributed by atoms with van der Waals surface area (Å²) < 4.78 is 0. The van der Waals surface area contributed by atoms with Crippen molar-refractivity contribution in [3.63, 3.8) is 0 Å². The number of hydrogen-bond acceptors (Lipinski definition) is 5. The topological polar surface area (TPSA) is 49.3 Å². The summed E-state index contributed by atoms with van der Waals surface area (Å²) in [5.74, 6) is 1.08. The smallest absolute Gasteiger partial charge is 0.265 e. The van der Waals surface area contributed by atoms with Gasteiger partial charge in [-0.1, -0.05) is 6.07 Å². The minimum atomic E-state index is 0.0929. The highest BCUT2D eigenvalue weighted by Crippen LogP contribution is 2.15. The lowest BCUT2D eigenvalue weighted by atomic mass is 10.3. The molecule has 1 amide bonds. The first-order chi connectivity index (χ1) is 9.84. The molecular weight excluding hydrogens is 272 g/mol. The third-order valence-corrected chi connectivity index (χ3v) is 4.16. The summed E-state index contributed by atoms with van der Waals surface area (Å²) >= 11 is 1.40. The summed E-state index contributed by atoms with van der Waals surface area (Å²) in [6.07, 6.45) is 4.41. The molecule has 0 bridgehead atoms. The maximum Gasteiger partial charge on any atom is 0.265 e. The number of nitrogens with zero attached hydrogens (tertiary/aromatic N) is 4. The van der Waals surface area contributed by atoms with Crippen LogP contribution in [0.3, 0.4) is 0 Å². The van der Waals surface area contributed by atoms with Crippen molar-refractivity contribution < 1.29 is 4.79 Å². The van der Waals surface area contributed by atoms with E-state index in [9.17, 15) is 4.79 Å². The van der Waals surface area contributed by atoms with Gasteiger partial charge in [0.25, 0.3) is 5.91 Å². The predicted octanol–water partition coefficient (Wildman–Crippen LogP) is 1.89. The van der Waals surface area contributed by atoms with Gasteiger partial charge in [-0.3, -0.25) is 9.78 Å². The average molecular weight is 288 g/mol. The highest BCUT2D eigenvalue weighted by Gasteiger charge is 2.21. The van der Waals surface area contributed by atoms with Crippen molar-refractivity contribution in [2.75, 3.05) is 31.1 Å². The summed E-state index contributed by atoms with van der Waals surface area (Å²) in [4.78, 5) is 25.5. The Morgan fingerprint density at radius 2 is 2.15 bits per heavy atom. The van der Waals surface area contributed by atoms with E-state index in [1.807, 2.05) is 23.1 Å². The minimum absolute atomic E-state index is 0.0929. The van der Waals surface area contributed by atoms with Crippen molar-refractivity contribution in [1.82, 2.24) is 14.9 Å². The predicted molar refractivity (Wildman–Crippen MR) is 79.1 cm³/mol. The number of anilines is 1. The van der Waals surface area contributed by atoms with Crippen molar-refractivity contribution >= 4 is 23.1 Å². The lowest BCUT2D eigenvalue weighted by Crippen LogP contribution is -2.35. The maximum atomic E-state index is 12.3. The molecule has 1 aliphatic rings. The first-order valence-corrected chi connectivity index (χ1v) is 7.56. The van der Waals surface area contributed by atoms with Crippen LogP contribution < -0.4 is 4.90 Å². The molecule has 20 heavy (non-hydrogen) atoms. The minimum Gasteiger partial charge on any atom is -0.355 e. The Kier molecular flexibility index (Phi) is 3.92. The maximum absolute atomic E-state index is 12.3. The molecule has 2 aromatic rings. The molecule has 0 unspecified atom stereocenters. The Balaban J connectivity index is 1.67. The molecule has 0 saturated carbocycles. The molecule has 2 aromatic heterocycles. The normalized spacial score (nSPS) is 16.0. The molecule has 0 N–H and O–H groups in total. The summed E-state index contributed by atoms with van der Waals surface area (Å²) in [7, 11) is 0. The second-order valence-corrected chi connectivity index (χ2v) is 5.57. The molecule has 1 saturated heterocycles. The van der Waals surface area contributed by atoms with Crippen LogP contribution in [0.15, 0.2) is 36.1 Å². The van der Waals surface area contributed by atoms with Crippen molar-refractivity contribution in [2.24, 2.45) is 0 Å². The highest BCUT2D eigenvalue weighted by atomic mass is 32.1. The van der Waals surface area contributed by atoms with E-state index in [1.54, 1.807) is 17.9 Å². The number of amides is 1. The fourth-order valence-corrected chi connectivity index (χ4v) is 2.95. The third-order valence-electron chi connectivity index (χ3n) is 3.40. The Labute approximate surface area is 121 Å². The van der Waals surface area contributed by atoms with Crippen LogP contribution in [-0.2, 0) is 0 Å². The van der Waals surface area contributed by atoms with Gasteiger partial charge in [0, 0.05) is 32.4 Å². The number of hydrogen-bond donors (Lipinski definition) is 0. The monoisotopic (exact) mass is 288 g/mol.